The minimum Gasteiger partial charge on any atom is -0.325 e. The van der Waals surface area contributed by atoms with E-state index in [2.05, 4.69) is 25.4 Å². The number of nitrogens with zero attached hydrogens (tertiary/aromatic N) is 4. The van der Waals surface area contributed by atoms with Gasteiger partial charge in [0.15, 0.2) is 0 Å². The number of nitrogens with one attached hydrogen (secondary N) is 2. The molecule has 0 aliphatic heterocycles. The van der Waals surface area contributed by atoms with Gasteiger partial charge in [-0.05, 0) is 36.5 Å². The topological polar surface area (TPSA) is 106 Å². The number of aromatic nitrogens is 5. The Balaban J connectivity index is 1.21. The summed E-state index contributed by atoms with van der Waals surface area (Å²) in [7, 11) is 0. The molecule has 0 radical (unpaired) electrons. The van der Waals surface area contributed by atoms with Gasteiger partial charge in [-0.3, -0.25) is 9.59 Å². The maximum absolute atomic E-state index is 12.5. The molecule has 0 fully saturated rings. The number of hydrogen-bond acceptors (Lipinski definition) is 7. The third-order valence-corrected chi connectivity index (χ3v) is 7.32. The minimum atomic E-state index is -0.102. The number of amides is 1. The second kappa shape index (κ2) is 8.64. The van der Waals surface area contributed by atoms with Crippen LogP contribution in [0.3, 0.4) is 0 Å². The Hall–Kier alpha value is -2.98. The highest BCUT2D eigenvalue weighted by Gasteiger charge is 2.21. The van der Waals surface area contributed by atoms with E-state index < -0.39 is 0 Å². The zero-order valence-corrected chi connectivity index (χ0v) is 18.3. The molecule has 3 aromatic heterocycles. The molecule has 1 amide bonds. The lowest BCUT2D eigenvalue weighted by molar-refractivity contribution is -0.113. The molecular weight excluding hydrogens is 432 g/mol. The van der Waals surface area contributed by atoms with Gasteiger partial charge in [0.25, 0.3) is 5.56 Å². The smallest absolute Gasteiger partial charge is 0.259 e. The molecule has 1 aliphatic rings. The van der Waals surface area contributed by atoms with Gasteiger partial charge in [0.1, 0.15) is 23.3 Å². The summed E-state index contributed by atoms with van der Waals surface area (Å²) in [6.07, 6.45) is 6.25. The fraction of sp³-hybridized carbons (Fsp3) is 0.286. The average molecular weight is 453 g/mol. The van der Waals surface area contributed by atoms with Gasteiger partial charge in [-0.25, -0.2) is 14.6 Å². The molecule has 8 nitrogen and oxygen atoms in total. The molecular formula is C21H20N6O2S2. The van der Waals surface area contributed by atoms with E-state index in [0.29, 0.717) is 18.1 Å². The van der Waals surface area contributed by atoms with E-state index in [1.807, 2.05) is 24.3 Å². The summed E-state index contributed by atoms with van der Waals surface area (Å²) in [5, 5.41) is 7.84. The normalized spacial score (nSPS) is 12.9. The molecule has 10 heteroatoms. The van der Waals surface area contributed by atoms with Crippen molar-refractivity contribution in [2.45, 2.75) is 31.6 Å². The summed E-state index contributed by atoms with van der Waals surface area (Å²) >= 11 is 3.05. The number of para-hydroxylation sites is 1. The lowest BCUT2D eigenvalue weighted by Gasteiger charge is -2.11. The first-order valence-corrected chi connectivity index (χ1v) is 12.0. The molecule has 158 valence electrons. The standard InChI is InChI=1S/C21H20N6O2S2/c28-18(24-15-6-2-1-4-13(15)8-27-12-22-11-23-27)10-30-9-17-25-20(29)19-14-5-3-7-16(14)31-21(19)26-17/h1-2,4,6,11-12H,3,5,7-10H2,(H,24,28)(H,25,26,29). The fourth-order valence-electron chi connectivity index (χ4n) is 3.81. The van der Waals surface area contributed by atoms with Crippen molar-refractivity contribution in [3.63, 3.8) is 0 Å². The van der Waals surface area contributed by atoms with Gasteiger partial charge in [-0.1, -0.05) is 18.2 Å². The van der Waals surface area contributed by atoms with Crippen LogP contribution in [0.15, 0.2) is 41.7 Å². The molecule has 5 rings (SSSR count). The van der Waals surface area contributed by atoms with Gasteiger partial charge in [-0.2, -0.15) is 5.10 Å². The molecule has 31 heavy (non-hydrogen) atoms. The fourth-order valence-corrected chi connectivity index (χ4v) is 5.78. The number of carbonyl (C=O) groups excluding carboxylic acids is 1. The first-order chi connectivity index (χ1) is 15.2. The van der Waals surface area contributed by atoms with Crippen LogP contribution in [0.25, 0.3) is 10.2 Å². The number of carbonyl (C=O) groups is 1. The van der Waals surface area contributed by atoms with Crippen molar-refractivity contribution in [2.75, 3.05) is 11.1 Å². The number of thioether (sulfide) groups is 1. The summed E-state index contributed by atoms with van der Waals surface area (Å²) in [6.45, 7) is 0.527. The third kappa shape index (κ3) is 4.26. The predicted octanol–water partition coefficient (Wildman–Crippen LogP) is 2.99. The molecule has 2 N–H and O–H groups in total. The van der Waals surface area contributed by atoms with E-state index in [-0.39, 0.29) is 17.2 Å². The van der Waals surface area contributed by atoms with Crippen LogP contribution in [-0.4, -0.2) is 36.4 Å². The van der Waals surface area contributed by atoms with Crippen LogP contribution in [0.1, 0.15) is 28.2 Å². The van der Waals surface area contributed by atoms with E-state index in [1.54, 1.807) is 22.3 Å². The number of fused-ring (bicyclic) bond motifs is 3. The van der Waals surface area contributed by atoms with Crippen LogP contribution in [-0.2, 0) is 29.9 Å². The van der Waals surface area contributed by atoms with Crippen LogP contribution in [0, 0.1) is 0 Å². The van der Waals surface area contributed by atoms with Crippen molar-refractivity contribution in [1.29, 1.82) is 0 Å². The van der Waals surface area contributed by atoms with Crippen molar-refractivity contribution in [3.8, 4) is 0 Å². The van der Waals surface area contributed by atoms with E-state index in [4.69, 9.17) is 0 Å². The van der Waals surface area contributed by atoms with Gasteiger partial charge in [0.2, 0.25) is 5.91 Å². The molecule has 0 saturated carbocycles. The number of hydrogen-bond donors (Lipinski definition) is 2. The highest BCUT2D eigenvalue weighted by Crippen LogP contribution is 2.34. The Morgan fingerprint density at radius 3 is 3.06 bits per heavy atom. The maximum atomic E-state index is 12.5. The lowest BCUT2D eigenvalue weighted by Crippen LogP contribution is -2.17. The van der Waals surface area contributed by atoms with Crippen LogP contribution in [0.2, 0.25) is 0 Å². The largest absolute Gasteiger partial charge is 0.325 e. The number of benzene rings is 1. The molecule has 0 bridgehead atoms. The van der Waals surface area contributed by atoms with Gasteiger partial charge in [-0.15, -0.1) is 23.1 Å². The Morgan fingerprint density at radius 2 is 2.19 bits per heavy atom. The number of aryl methyl sites for hydroxylation is 2. The number of anilines is 1. The SMILES string of the molecule is O=C(CSCc1nc2sc3c(c2c(=O)[nH]1)CCC3)Nc1ccccc1Cn1cncn1. The molecule has 3 heterocycles. The Labute approximate surface area is 186 Å². The molecule has 4 aromatic rings. The number of thiophene rings is 1. The Bertz CT molecular complexity index is 1300. The van der Waals surface area contributed by atoms with Crippen LogP contribution < -0.4 is 10.9 Å². The predicted molar refractivity (Wildman–Crippen MR) is 123 cm³/mol. The van der Waals surface area contributed by atoms with Crippen molar-refractivity contribution >= 4 is 44.9 Å². The van der Waals surface area contributed by atoms with Crippen molar-refractivity contribution < 1.29 is 4.79 Å². The zero-order chi connectivity index (χ0) is 21.2. The Kier molecular flexibility index (Phi) is 5.56. The third-order valence-electron chi connectivity index (χ3n) is 5.19. The van der Waals surface area contributed by atoms with Gasteiger partial charge in [0, 0.05) is 10.6 Å². The number of H-pyrrole nitrogens is 1. The summed E-state index contributed by atoms with van der Waals surface area (Å²) < 4.78 is 1.71. The molecule has 0 unspecified atom stereocenters. The van der Waals surface area contributed by atoms with Gasteiger partial charge < -0.3 is 10.3 Å². The molecule has 1 aromatic carbocycles. The van der Waals surface area contributed by atoms with Crippen LogP contribution in [0.5, 0.6) is 0 Å². The van der Waals surface area contributed by atoms with E-state index in [9.17, 15) is 9.59 Å². The second-order valence-corrected chi connectivity index (χ2v) is 9.41. The maximum Gasteiger partial charge on any atom is 0.259 e. The molecule has 0 spiro atoms. The lowest BCUT2D eigenvalue weighted by atomic mass is 10.2. The summed E-state index contributed by atoms with van der Waals surface area (Å²) in [6, 6.07) is 7.63. The minimum absolute atomic E-state index is 0.0634. The van der Waals surface area contributed by atoms with Gasteiger partial charge in [0.05, 0.1) is 23.4 Å². The Morgan fingerprint density at radius 1 is 1.29 bits per heavy atom. The second-order valence-electron chi connectivity index (χ2n) is 7.34. The molecule has 1 aliphatic carbocycles. The van der Waals surface area contributed by atoms with Crippen molar-refractivity contribution in [1.82, 2.24) is 24.7 Å². The van der Waals surface area contributed by atoms with Gasteiger partial charge >= 0.3 is 0 Å². The summed E-state index contributed by atoms with van der Waals surface area (Å²) in [5.41, 5.74) is 2.82. The molecule has 0 atom stereocenters. The van der Waals surface area contributed by atoms with Crippen LogP contribution >= 0.6 is 23.1 Å². The zero-order valence-electron chi connectivity index (χ0n) is 16.6. The summed E-state index contributed by atoms with van der Waals surface area (Å²) in [5.74, 6) is 1.25. The number of rotatable bonds is 7. The van der Waals surface area contributed by atoms with Crippen molar-refractivity contribution in [3.05, 3.63) is 69.1 Å². The monoisotopic (exact) mass is 452 g/mol. The van der Waals surface area contributed by atoms with E-state index >= 15 is 0 Å². The van der Waals surface area contributed by atoms with E-state index in [0.717, 1.165) is 40.7 Å². The highest BCUT2D eigenvalue weighted by atomic mass is 32.2. The average Bonchev–Trinajstić information content (AvgIpc) is 3.47. The quantitative estimate of drug-likeness (QED) is 0.447. The summed E-state index contributed by atoms with van der Waals surface area (Å²) in [4.78, 5) is 38.6. The van der Waals surface area contributed by atoms with Crippen molar-refractivity contribution in [2.24, 2.45) is 0 Å². The number of aromatic amines is 1. The first kappa shape index (κ1) is 20.0. The first-order valence-electron chi connectivity index (χ1n) is 9.99. The van der Waals surface area contributed by atoms with E-state index in [1.165, 1.54) is 28.5 Å². The highest BCUT2D eigenvalue weighted by molar-refractivity contribution is 7.99. The van der Waals surface area contributed by atoms with Crippen LogP contribution in [0.4, 0.5) is 5.69 Å². The molecule has 0 saturated heterocycles.